The van der Waals surface area contributed by atoms with Gasteiger partial charge in [0.15, 0.2) is 11.6 Å². The predicted molar refractivity (Wildman–Crippen MR) is 183 cm³/mol. The van der Waals surface area contributed by atoms with Crippen molar-refractivity contribution in [2.45, 2.75) is 20.8 Å². The van der Waals surface area contributed by atoms with E-state index in [0.717, 1.165) is 20.1 Å². The van der Waals surface area contributed by atoms with Crippen molar-refractivity contribution in [3.63, 3.8) is 0 Å². The predicted octanol–water partition coefficient (Wildman–Crippen LogP) is 9.67. The number of aryl methyl sites for hydroxylation is 2. The van der Waals surface area contributed by atoms with Crippen LogP contribution in [-0.4, -0.2) is 24.1 Å². The molecule has 0 saturated heterocycles. The summed E-state index contributed by atoms with van der Waals surface area (Å²) in [5, 5.41) is 10.7. The third-order valence-corrected chi connectivity index (χ3v) is 8.50. The van der Waals surface area contributed by atoms with Gasteiger partial charge >= 0.3 is 5.97 Å². The molecule has 0 bridgehead atoms. The first-order valence-electron chi connectivity index (χ1n) is 14.2. The molecule has 0 heterocycles. The summed E-state index contributed by atoms with van der Waals surface area (Å²) in [6.45, 7) is 5.55. The van der Waals surface area contributed by atoms with Gasteiger partial charge in [0.25, 0.3) is 0 Å². The Kier molecular flexibility index (Phi) is 9.57. The fourth-order valence-corrected chi connectivity index (χ4v) is 5.76. The van der Waals surface area contributed by atoms with Crippen LogP contribution in [0.5, 0.6) is 0 Å². The van der Waals surface area contributed by atoms with Crippen LogP contribution in [0.2, 0.25) is 0 Å². The number of nitriles is 1. The molecule has 0 aromatic heterocycles. The van der Waals surface area contributed by atoms with E-state index in [1.807, 2.05) is 62.4 Å². The van der Waals surface area contributed by atoms with Crippen molar-refractivity contribution < 1.29 is 19.1 Å². The maximum Gasteiger partial charge on any atom is 0.340 e. The first-order valence-corrected chi connectivity index (χ1v) is 15.8. The first-order chi connectivity index (χ1) is 21.6. The molecule has 0 aliphatic rings. The van der Waals surface area contributed by atoms with Gasteiger partial charge in [0.1, 0.15) is 6.07 Å². The molecule has 0 atom stereocenters. The molecule has 0 aliphatic heterocycles. The number of halogens is 2. The van der Waals surface area contributed by atoms with Crippen LogP contribution >= 0.6 is 31.9 Å². The number of benzene rings is 5. The second-order valence-electron chi connectivity index (χ2n) is 10.5. The molecule has 0 unspecified atom stereocenters. The molecule has 5 nitrogen and oxygen atoms in total. The van der Waals surface area contributed by atoms with Gasteiger partial charge in [-0.3, -0.25) is 9.59 Å². The fourth-order valence-electron chi connectivity index (χ4n) is 5.23. The van der Waals surface area contributed by atoms with Crippen molar-refractivity contribution in [2.24, 2.45) is 0 Å². The van der Waals surface area contributed by atoms with Crippen molar-refractivity contribution in [2.75, 3.05) is 6.61 Å². The highest BCUT2D eigenvalue weighted by molar-refractivity contribution is 9.10. The Morgan fingerprint density at radius 2 is 1.02 bits per heavy atom. The first kappa shape index (κ1) is 31.8. The van der Waals surface area contributed by atoms with Crippen molar-refractivity contribution in [1.29, 1.82) is 5.26 Å². The number of hydrogen-bond donors (Lipinski definition) is 0. The zero-order chi connectivity index (χ0) is 32.2. The number of esters is 1. The van der Waals surface area contributed by atoms with E-state index in [4.69, 9.17) is 4.74 Å². The standard InChI is InChI=1S/C38H27Br2NO4/c1-4-45-38(44)34-30(21-41)33(36(42)26-13-17-28(39)18-14-26)31(24-9-5-22(2)6-10-24)32(25-11-7-23(3)8-12-25)35(34)37(43)27-15-19-29(40)20-16-27/h5-20H,4H2,1-3H3. The van der Waals surface area contributed by atoms with Crippen molar-refractivity contribution >= 4 is 49.4 Å². The molecule has 5 aromatic rings. The monoisotopic (exact) mass is 719 g/mol. The summed E-state index contributed by atoms with van der Waals surface area (Å²) in [5.41, 5.74) is 4.16. The van der Waals surface area contributed by atoms with Gasteiger partial charge in [0.05, 0.1) is 17.7 Å². The maximum absolute atomic E-state index is 14.6. The Morgan fingerprint density at radius 1 is 0.622 bits per heavy atom. The number of rotatable bonds is 8. The lowest BCUT2D eigenvalue weighted by Crippen LogP contribution is -2.21. The number of nitrogens with zero attached hydrogens (tertiary/aromatic N) is 1. The largest absolute Gasteiger partial charge is 0.462 e. The summed E-state index contributed by atoms with van der Waals surface area (Å²) in [4.78, 5) is 43.0. The Hall–Kier alpha value is -4.64. The van der Waals surface area contributed by atoms with Gasteiger partial charge in [-0.25, -0.2) is 4.79 Å². The van der Waals surface area contributed by atoms with Crippen LogP contribution in [0.3, 0.4) is 0 Å². The van der Waals surface area contributed by atoms with E-state index < -0.39 is 17.5 Å². The van der Waals surface area contributed by atoms with E-state index in [1.165, 1.54) is 0 Å². The van der Waals surface area contributed by atoms with E-state index in [-0.39, 0.29) is 28.9 Å². The van der Waals surface area contributed by atoms with Crippen LogP contribution in [0, 0.1) is 25.2 Å². The molecule has 0 amide bonds. The number of carbonyl (C=O) groups is 3. The number of hydrogen-bond acceptors (Lipinski definition) is 5. The van der Waals surface area contributed by atoms with Crippen LogP contribution in [0.25, 0.3) is 22.3 Å². The highest BCUT2D eigenvalue weighted by Gasteiger charge is 2.35. The van der Waals surface area contributed by atoms with Crippen LogP contribution in [0.1, 0.15) is 65.8 Å². The van der Waals surface area contributed by atoms with Gasteiger partial charge in [0, 0.05) is 42.3 Å². The average Bonchev–Trinajstić information content (AvgIpc) is 3.04. The maximum atomic E-state index is 14.6. The molecule has 0 N–H and O–H groups in total. The Morgan fingerprint density at radius 3 is 1.42 bits per heavy atom. The van der Waals surface area contributed by atoms with E-state index in [1.54, 1.807) is 55.5 Å². The molecule has 0 aliphatic carbocycles. The van der Waals surface area contributed by atoms with Gasteiger partial charge in [-0.05, 0) is 80.4 Å². The molecular weight excluding hydrogens is 694 g/mol. The third-order valence-electron chi connectivity index (χ3n) is 7.44. The molecule has 0 saturated carbocycles. The highest BCUT2D eigenvalue weighted by Crippen LogP contribution is 2.44. The van der Waals surface area contributed by atoms with Crippen LogP contribution < -0.4 is 0 Å². The lowest BCUT2D eigenvalue weighted by atomic mass is 9.77. The van der Waals surface area contributed by atoms with Crippen LogP contribution in [-0.2, 0) is 4.74 Å². The third kappa shape index (κ3) is 6.44. The average molecular weight is 721 g/mol. The zero-order valence-electron chi connectivity index (χ0n) is 24.8. The topological polar surface area (TPSA) is 84.2 Å². The van der Waals surface area contributed by atoms with Crippen molar-refractivity contribution in [3.05, 3.63) is 151 Å². The van der Waals surface area contributed by atoms with E-state index in [0.29, 0.717) is 33.4 Å². The van der Waals surface area contributed by atoms with Crippen molar-refractivity contribution in [3.8, 4) is 28.3 Å². The summed E-state index contributed by atoms with van der Waals surface area (Å²) in [6, 6.07) is 30.8. The minimum absolute atomic E-state index is 0.000827. The highest BCUT2D eigenvalue weighted by atomic mass is 79.9. The summed E-state index contributed by atoms with van der Waals surface area (Å²) < 4.78 is 7.03. The molecule has 0 fully saturated rings. The zero-order valence-corrected chi connectivity index (χ0v) is 28.0. The van der Waals surface area contributed by atoms with E-state index in [2.05, 4.69) is 37.9 Å². The lowest BCUT2D eigenvalue weighted by molar-refractivity contribution is 0.0523. The van der Waals surface area contributed by atoms with E-state index >= 15 is 0 Å². The van der Waals surface area contributed by atoms with Gasteiger partial charge in [-0.1, -0.05) is 91.5 Å². The van der Waals surface area contributed by atoms with Gasteiger partial charge in [-0.2, -0.15) is 5.26 Å². The molecule has 5 rings (SSSR count). The lowest BCUT2D eigenvalue weighted by Gasteiger charge is -2.24. The van der Waals surface area contributed by atoms with Gasteiger partial charge in [-0.15, -0.1) is 0 Å². The minimum atomic E-state index is -0.858. The number of ether oxygens (including phenoxy) is 1. The minimum Gasteiger partial charge on any atom is -0.462 e. The Bertz CT molecular complexity index is 1970. The van der Waals surface area contributed by atoms with Gasteiger partial charge in [0.2, 0.25) is 0 Å². The molecule has 0 spiro atoms. The SMILES string of the molecule is CCOC(=O)c1c(C#N)c(C(=O)c2ccc(Br)cc2)c(-c2ccc(C)cc2)c(-c2ccc(C)cc2)c1C(=O)c1ccc(Br)cc1. The normalized spacial score (nSPS) is 10.7. The summed E-state index contributed by atoms with van der Waals surface area (Å²) >= 11 is 6.84. The summed E-state index contributed by atoms with van der Waals surface area (Å²) in [5.74, 6) is -1.80. The molecule has 0 radical (unpaired) electrons. The smallest absolute Gasteiger partial charge is 0.340 e. The number of ketones is 2. The second-order valence-corrected chi connectivity index (χ2v) is 12.3. The Balaban J connectivity index is 2.05. The quantitative estimate of drug-likeness (QED) is 0.118. The van der Waals surface area contributed by atoms with Crippen LogP contribution in [0.15, 0.2) is 106 Å². The summed E-state index contributed by atoms with van der Waals surface area (Å²) in [6.07, 6.45) is 0. The van der Waals surface area contributed by atoms with Crippen molar-refractivity contribution in [1.82, 2.24) is 0 Å². The number of carbonyl (C=O) groups excluding carboxylic acids is 3. The van der Waals surface area contributed by atoms with E-state index in [9.17, 15) is 19.6 Å². The molecule has 5 aromatic carbocycles. The summed E-state index contributed by atoms with van der Waals surface area (Å²) in [7, 11) is 0. The fraction of sp³-hybridized carbons (Fsp3) is 0.105. The van der Waals surface area contributed by atoms with Crippen LogP contribution in [0.4, 0.5) is 0 Å². The van der Waals surface area contributed by atoms with Gasteiger partial charge < -0.3 is 4.74 Å². The second kappa shape index (κ2) is 13.6. The Labute approximate surface area is 278 Å². The molecule has 45 heavy (non-hydrogen) atoms. The molecule has 222 valence electrons. The molecule has 7 heteroatoms. The molecular formula is C38H27Br2NO4.